The molecule has 1 aliphatic rings. The van der Waals surface area contributed by atoms with Crippen LogP contribution in [0.15, 0.2) is 5.38 Å². The molecule has 7 heteroatoms. The second kappa shape index (κ2) is 8.31. The number of amides is 2. The largest absolute Gasteiger partial charge is 0.379 e. The van der Waals surface area contributed by atoms with Crippen LogP contribution in [0.25, 0.3) is 0 Å². The highest BCUT2D eigenvalue weighted by molar-refractivity contribution is 7.09. The van der Waals surface area contributed by atoms with Gasteiger partial charge in [0, 0.05) is 44.0 Å². The average Bonchev–Trinajstić information content (AvgIpc) is 2.85. The van der Waals surface area contributed by atoms with Crippen LogP contribution in [0.5, 0.6) is 0 Å². The molecule has 6 nitrogen and oxygen atoms in total. The Morgan fingerprint density at radius 1 is 1.52 bits per heavy atom. The van der Waals surface area contributed by atoms with Gasteiger partial charge >= 0.3 is 6.03 Å². The Morgan fingerprint density at radius 3 is 2.95 bits per heavy atom. The van der Waals surface area contributed by atoms with Crippen LogP contribution in [-0.2, 0) is 11.2 Å². The summed E-state index contributed by atoms with van der Waals surface area (Å²) in [5.74, 6) is 0. The number of ether oxygens (including phenoxy) is 1. The van der Waals surface area contributed by atoms with Gasteiger partial charge < -0.3 is 15.4 Å². The van der Waals surface area contributed by atoms with E-state index in [2.05, 4.69) is 20.5 Å². The number of nitrogens with one attached hydrogen (secondary N) is 2. The van der Waals surface area contributed by atoms with Gasteiger partial charge in [0.1, 0.15) is 0 Å². The first-order valence-corrected chi connectivity index (χ1v) is 8.27. The Labute approximate surface area is 129 Å². The quantitative estimate of drug-likeness (QED) is 0.823. The van der Waals surface area contributed by atoms with Gasteiger partial charge in [-0.1, -0.05) is 0 Å². The smallest absolute Gasteiger partial charge is 0.315 e. The Kier molecular flexibility index (Phi) is 6.41. The molecule has 0 bridgehead atoms. The first-order valence-electron chi connectivity index (χ1n) is 7.39. The molecule has 0 saturated carbocycles. The summed E-state index contributed by atoms with van der Waals surface area (Å²) < 4.78 is 5.31. The standard InChI is InChI=1S/C14H24N4O2S/c1-11(9-18-5-7-20-8-6-18)16-14(19)15-4-3-13-10-21-12(2)17-13/h10-11H,3-9H2,1-2H3,(H2,15,16,19)/t11-/m1/s1. The number of hydrogen-bond acceptors (Lipinski definition) is 5. The topological polar surface area (TPSA) is 66.5 Å². The number of nitrogens with zero attached hydrogens (tertiary/aromatic N) is 2. The molecule has 2 N–H and O–H groups in total. The van der Waals surface area contributed by atoms with E-state index in [9.17, 15) is 4.79 Å². The van der Waals surface area contributed by atoms with Crippen molar-refractivity contribution in [2.24, 2.45) is 0 Å². The van der Waals surface area contributed by atoms with Gasteiger partial charge in [0.15, 0.2) is 0 Å². The fourth-order valence-electron chi connectivity index (χ4n) is 2.32. The summed E-state index contributed by atoms with van der Waals surface area (Å²) in [5, 5.41) is 8.95. The van der Waals surface area contributed by atoms with Crippen LogP contribution in [-0.4, -0.2) is 61.3 Å². The van der Waals surface area contributed by atoms with Crippen LogP contribution in [0.1, 0.15) is 17.6 Å². The van der Waals surface area contributed by atoms with Gasteiger partial charge in [-0.15, -0.1) is 11.3 Å². The van der Waals surface area contributed by atoms with E-state index >= 15 is 0 Å². The van der Waals surface area contributed by atoms with Crippen molar-refractivity contribution in [1.29, 1.82) is 0 Å². The normalized spacial score (nSPS) is 17.4. The van der Waals surface area contributed by atoms with E-state index in [-0.39, 0.29) is 12.1 Å². The molecule has 1 fully saturated rings. The minimum absolute atomic E-state index is 0.109. The molecule has 118 valence electrons. The van der Waals surface area contributed by atoms with Crippen LogP contribution >= 0.6 is 11.3 Å². The zero-order valence-corrected chi connectivity index (χ0v) is 13.5. The zero-order chi connectivity index (χ0) is 15.1. The highest BCUT2D eigenvalue weighted by Gasteiger charge is 2.14. The van der Waals surface area contributed by atoms with Gasteiger partial charge in [-0.2, -0.15) is 0 Å². The van der Waals surface area contributed by atoms with E-state index in [4.69, 9.17) is 4.74 Å². The Hall–Kier alpha value is -1.18. The number of morpholine rings is 1. The van der Waals surface area contributed by atoms with Crippen molar-refractivity contribution >= 4 is 17.4 Å². The maximum absolute atomic E-state index is 11.8. The van der Waals surface area contributed by atoms with E-state index in [0.29, 0.717) is 6.54 Å². The van der Waals surface area contributed by atoms with Gasteiger partial charge in [0.05, 0.1) is 23.9 Å². The first-order chi connectivity index (χ1) is 10.1. The van der Waals surface area contributed by atoms with Crippen LogP contribution in [0, 0.1) is 6.92 Å². The van der Waals surface area contributed by atoms with Crippen molar-refractivity contribution < 1.29 is 9.53 Å². The summed E-state index contributed by atoms with van der Waals surface area (Å²) in [7, 11) is 0. The van der Waals surface area contributed by atoms with Crippen molar-refractivity contribution in [3.05, 3.63) is 16.1 Å². The van der Waals surface area contributed by atoms with E-state index in [0.717, 1.165) is 50.0 Å². The first kappa shape index (κ1) is 16.2. The number of aryl methyl sites for hydroxylation is 1. The van der Waals surface area contributed by atoms with E-state index in [1.165, 1.54) is 0 Å². The molecule has 2 amide bonds. The lowest BCUT2D eigenvalue weighted by atomic mass is 10.3. The summed E-state index contributed by atoms with van der Waals surface area (Å²) in [5.41, 5.74) is 1.04. The summed E-state index contributed by atoms with van der Waals surface area (Å²) >= 11 is 1.64. The van der Waals surface area contributed by atoms with Crippen LogP contribution in [0.4, 0.5) is 4.79 Å². The number of urea groups is 1. The Balaban J connectivity index is 1.59. The predicted molar refractivity (Wildman–Crippen MR) is 83.8 cm³/mol. The van der Waals surface area contributed by atoms with Gasteiger partial charge in [-0.25, -0.2) is 9.78 Å². The molecule has 1 aromatic heterocycles. The molecule has 1 atom stereocenters. The highest BCUT2D eigenvalue weighted by atomic mass is 32.1. The number of rotatable bonds is 6. The molecule has 0 spiro atoms. The molecular weight excluding hydrogens is 288 g/mol. The van der Waals surface area contributed by atoms with Crippen molar-refractivity contribution in [2.75, 3.05) is 39.4 Å². The van der Waals surface area contributed by atoms with Gasteiger partial charge in [0.25, 0.3) is 0 Å². The minimum Gasteiger partial charge on any atom is -0.379 e. The summed E-state index contributed by atoms with van der Waals surface area (Å²) in [4.78, 5) is 18.5. The monoisotopic (exact) mass is 312 g/mol. The lowest BCUT2D eigenvalue weighted by molar-refractivity contribution is 0.0349. The Bertz CT molecular complexity index is 446. The van der Waals surface area contributed by atoms with Gasteiger partial charge in [-0.05, 0) is 13.8 Å². The molecule has 0 aliphatic carbocycles. The van der Waals surface area contributed by atoms with Crippen LogP contribution in [0.3, 0.4) is 0 Å². The van der Waals surface area contributed by atoms with E-state index < -0.39 is 0 Å². The van der Waals surface area contributed by atoms with E-state index in [1.807, 2.05) is 19.2 Å². The maximum Gasteiger partial charge on any atom is 0.315 e. The lowest BCUT2D eigenvalue weighted by Crippen LogP contribution is -2.48. The third-order valence-corrected chi connectivity index (χ3v) is 4.17. The summed E-state index contributed by atoms with van der Waals surface area (Å²) in [6, 6.07) is 0.0207. The summed E-state index contributed by atoms with van der Waals surface area (Å²) in [6.45, 7) is 8.94. The molecule has 0 unspecified atom stereocenters. The number of aromatic nitrogens is 1. The Morgan fingerprint density at radius 2 is 2.29 bits per heavy atom. The summed E-state index contributed by atoms with van der Waals surface area (Å²) in [6.07, 6.45) is 0.773. The highest BCUT2D eigenvalue weighted by Crippen LogP contribution is 2.07. The molecule has 0 aromatic carbocycles. The number of hydrogen-bond donors (Lipinski definition) is 2. The second-order valence-electron chi connectivity index (χ2n) is 5.32. The van der Waals surface area contributed by atoms with Gasteiger partial charge in [0.2, 0.25) is 0 Å². The molecule has 2 rings (SSSR count). The molecule has 1 aliphatic heterocycles. The third-order valence-electron chi connectivity index (χ3n) is 3.35. The minimum atomic E-state index is -0.109. The average molecular weight is 312 g/mol. The fourth-order valence-corrected chi connectivity index (χ4v) is 2.97. The molecule has 2 heterocycles. The number of thiazole rings is 1. The van der Waals surface area contributed by atoms with Crippen LogP contribution in [0.2, 0.25) is 0 Å². The number of carbonyl (C=O) groups is 1. The lowest BCUT2D eigenvalue weighted by Gasteiger charge is -2.29. The van der Waals surface area contributed by atoms with Gasteiger partial charge in [-0.3, -0.25) is 4.90 Å². The second-order valence-corrected chi connectivity index (χ2v) is 6.38. The predicted octanol–water partition coefficient (Wildman–Crippen LogP) is 1.01. The molecule has 0 radical (unpaired) electrons. The fraction of sp³-hybridized carbons (Fsp3) is 0.714. The maximum atomic E-state index is 11.8. The van der Waals surface area contributed by atoms with Crippen molar-refractivity contribution in [2.45, 2.75) is 26.3 Å². The van der Waals surface area contributed by atoms with Crippen LogP contribution < -0.4 is 10.6 Å². The van der Waals surface area contributed by atoms with Crippen molar-refractivity contribution in [3.8, 4) is 0 Å². The van der Waals surface area contributed by atoms with Crippen molar-refractivity contribution in [3.63, 3.8) is 0 Å². The van der Waals surface area contributed by atoms with Crippen molar-refractivity contribution in [1.82, 2.24) is 20.5 Å². The molecule has 1 saturated heterocycles. The van der Waals surface area contributed by atoms with E-state index in [1.54, 1.807) is 11.3 Å². The SMILES string of the molecule is Cc1nc(CCNC(=O)N[C@H](C)CN2CCOCC2)cs1. The molecule has 21 heavy (non-hydrogen) atoms. The zero-order valence-electron chi connectivity index (χ0n) is 12.7. The third kappa shape index (κ3) is 5.99. The molecular formula is C14H24N4O2S. The number of carbonyl (C=O) groups excluding carboxylic acids is 1. The molecule has 1 aromatic rings.